The number of nitrogens with one attached hydrogen (secondary N) is 3. The predicted octanol–water partition coefficient (Wildman–Crippen LogP) is 4.68. The molecule has 0 radical (unpaired) electrons. The number of carbonyl (C=O) groups is 6. The molecule has 1 atom stereocenters. The Bertz CT molecular complexity index is 2470. The molecular formula is C43H39N9O6S. The lowest BCUT2D eigenvalue weighted by atomic mass is 10.0. The second kappa shape index (κ2) is 17.0. The lowest BCUT2D eigenvalue weighted by Crippen LogP contribution is -2.54. The van der Waals surface area contributed by atoms with Crippen LogP contribution in [0.2, 0.25) is 0 Å². The van der Waals surface area contributed by atoms with Crippen molar-refractivity contribution < 1.29 is 28.8 Å². The molecule has 0 bridgehead atoms. The van der Waals surface area contributed by atoms with Crippen LogP contribution in [0.25, 0.3) is 11.3 Å². The first-order chi connectivity index (χ1) is 28.6. The molecule has 3 aromatic carbocycles. The third-order valence-corrected chi connectivity index (χ3v) is 11.5. The number of benzene rings is 3. The summed E-state index contributed by atoms with van der Waals surface area (Å²) in [6.45, 7) is 5.01. The number of amides is 6. The summed E-state index contributed by atoms with van der Waals surface area (Å²) in [5.74, 6) is -2.10. The van der Waals surface area contributed by atoms with Crippen molar-refractivity contribution in [3.05, 3.63) is 125 Å². The van der Waals surface area contributed by atoms with E-state index in [1.807, 2.05) is 55.5 Å². The van der Waals surface area contributed by atoms with Crippen LogP contribution in [0.3, 0.4) is 0 Å². The standard InChI is InChI=1S/C43H39N9O6S/c1-26-7-12-30(22-33(26)48-43-45-17-15-32(47-43)29-4-3-16-44-23-29)46-39(55)28-10-8-27(9-11-28)24-50-18-20-51(21-19-50)37(54)25-59-35-6-2-5-31-38(35)42(58)52(41(31)57)34-13-14-36(53)49-40(34)56/h2-12,15-17,22-23,34H,13-14,18-21,24-25H2,1H3,(H,46,55)(H,45,47,48)(H,49,53,56). The molecule has 15 nitrogen and oxygen atoms in total. The molecule has 0 spiro atoms. The van der Waals surface area contributed by atoms with Crippen molar-refractivity contribution in [2.75, 3.05) is 42.6 Å². The Morgan fingerprint density at radius 3 is 2.47 bits per heavy atom. The molecule has 3 N–H and O–H groups in total. The summed E-state index contributed by atoms with van der Waals surface area (Å²) >= 11 is 1.19. The fourth-order valence-electron chi connectivity index (χ4n) is 7.26. The van der Waals surface area contributed by atoms with E-state index >= 15 is 0 Å². The van der Waals surface area contributed by atoms with E-state index in [9.17, 15) is 28.8 Å². The average molecular weight is 810 g/mol. The van der Waals surface area contributed by atoms with Crippen molar-refractivity contribution in [2.45, 2.75) is 37.2 Å². The highest BCUT2D eigenvalue weighted by atomic mass is 32.2. The summed E-state index contributed by atoms with van der Waals surface area (Å²) in [6.07, 6.45) is 5.24. The number of imide groups is 2. The minimum absolute atomic E-state index is 0.0381. The van der Waals surface area contributed by atoms with Crippen LogP contribution in [-0.2, 0) is 20.9 Å². The molecule has 2 fully saturated rings. The highest BCUT2D eigenvalue weighted by Crippen LogP contribution is 2.35. The smallest absolute Gasteiger partial charge is 0.263 e. The number of pyridine rings is 1. The number of carbonyl (C=O) groups excluding carboxylic acids is 6. The Morgan fingerprint density at radius 1 is 0.898 bits per heavy atom. The van der Waals surface area contributed by atoms with Crippen LogP contribution in [0.5, 0.6) is 0 Å². The van der Waals surface area contributed by atoms with Crippen LogP contribution in [0, 0.1) is 6.92 Å². The summed E-state index contributed by atoms with van der Waals surface area (Å²) in [5, 5.41) is 8.45. The number of thioether (sulfide) groups is 1. The summed E-state index contributed by atoms with van der Waals surface area (Å²) in [6, 6.07) is 22.5. The Morgan fingerprint density at radius 2 is 1.71 bits per heavy atom. The number of nitrogens with zero attached hydrogens (tertiary/aromatic N) is 6. The van der Waals surface area contributed by atoms with Gasteiger partial charge in [0.25, 0.3) is 17.7 Å². The molecule has 5 aromatic rings. The molecule has 59 heavy (non-hydrogen) atoms. The average Bonchev–Trinajstić information content (AvgIpc) is 3.50. The van der Waals surface area contributed by atoms with Crippen molar-refractivity contribution in [3.8, 4) is 11.3 Å². The van der Waals surface area contributed by atoms with Gasteiger partial charge in [0, 0.05) is 85.1 Å². The van der Waals surface area contributed by atoms with Crippen molar-refractivity contribution in [2.24, 2.45) is 0 Å². The van der Waals surface area contributed by atoms with E-state index < -0.39 is 29.7 Å². The lowest BCUT2D eigenvalue weighted by molar-refractivity contribution is -0.136. The number of piperazine rings is 1. The maximum absolute atomic E-state index is 13.4. The van der Waals surface area contributed by atoms with E-state index in [1.165, 1.54) is 17.8 Å². The molecule has 1 unspecified atom stereocenters. The van der Waals surface area contributed by atoms with Crippen LogP contribution in [-0.4, -0.2) is 103 Å². The third-order valence-electron chi connectivity index (χ3n) is 10.5. The third kappa shape index (κ3) is 8.59. The number of aromatic nitrogens is 3. The Labute approximate surface area is 343 Å². The highest BCUT2D eigenvalue weighted by Gasteiger charge is 2.45. The quantitative estimate of drug-likeness (QED) is 0.124. The van der Waals surface area contributed by atoms with E-state index in [-0.39, 0.29) is 41.5 Å². The van der Waals surface area contributed by atoms with Crippen molar-refractivity contribution in [1.29, 1.82) is 0 Å². The molecule has 6 amide bonds. The zero-order valence-corrected chi connectivity index (χ0v) is 32.8. The zero-order chi connectivity index (χ0) is 41.0. The van der Waals surface area contributed by atoms with Crippen LogP contribution in [0.15, 0.2) is 102 Å². The fraction of sp³-hybridized carbons (Fsp3) is 0.233. The molecule has 3 aliphatic rings. The number of fused-ring (bicyclic) bond motifs is 1. The zero-order valence-electron chi connectivity index (χ0n) is 32.0. The van der Waals surface area contributed by atoms with Crippen molar-refractivity contribution >= 4 is 64.5 Å². The fourth-order valence-corrected chi connectivity index (χ4v) is 8.24. The number of rotatable bonds is 11. The molecule has 2 aromatic heterocycles. The van der Waals surface area contributed by atoms with E-state index in [0.717, 1.165) is 33.0 Å². The van der Waals surface area contributed by atoms with Gasteiger partial charge in [0.1, 0.15) is 6.04 Å². The minimum atomic E-state index is -1.05. The normalized spacial score (nSPS) is 16.8. The monoisotopic (exact) mass is 809 g/mol. The van der Waals surface area contributed by atoms with Gasteiger partial charge in [-0.05, 0) is 79.1 Å². The second-order valence-electron chi connectivity index (χ2n) is 14.4. The van der Waals surface area contributed by atoms with Gasteiger partial charge in [-0.15, -0.1) is 11.8 Å². The van der Waals surface area contributed by atoms with E-state index in [4.69, 9.17) is 0 Å². The number of aryl methyl sites for hydroxylation is 1. The molecule has 8 rings (SSSR count). The van der Waals surface area contributed by atoms with Crippen LogP contribution < -0.4 is 16.0 Å². The van der Waals surface area contributed by atoms with E-state index in [0.29, 0.717) is 54.8 Å². The first-order valence-electron chi connectivity index (χ1n) is 19.1. The van der Waals surface area contributed by atoms with Crippen LogP contribution in [0.4, 0.5) is 17.3 Å². The molecule has 298 valence electrons. The van der Waals surface area contributed by atoms with Gasteiger partial charge in [-0.3, -0.25) is 48.9 Å². The Kier molecular flexibility index (Phi) is 11.2. The molecule has 0 aliphatic carbocycles. The van der Waals surface area contributed by atoms with Gasteiger partial charge in [0.15, 0.2) is 0 Å². The first-order valence-corrected chi connectivity index (χ1v) is 20.1. The SMILES string of the molecule is Cc1ccc(NC(=O)c2ccc(CN3CCN(C(=O)CSc4cccc5c4C(=O)N(C4CCC(=O)NC4=O)C5=O)CC3)cc2)cc1Nc1nccc(-c2cccnc2)n1. The molecule has 3 aliphatic heterocycles. The van der Waals surface area contributed by atoms with Gasteiger partial charge in [-0.25, -0.2) is 9.97 Å². The lowest BCUT2D eigenvalue weighted by Gasteiger charge is -2.34. The summed E-state index contributed by atoms with van der Waals surface area (Å²) < 4.78 is 0. The van der Waals surface area contributed by atoms with Gasteiger partial charge in [-0.1, -0.05) is 24.3 Å². The van der Waals surface area contributed by atoms with Gasteiger partial charge in [0.2, 0.25) is 23.7 Å². The maximum atomic E-state index is 13.4. The van der Waals surface area contributed by atoms with Crippen molar-refractivity contribution in [3.63, 3.8) is 0 Å². The summed E-state index contributed by atoms with van der Waals surface area (Å²) in [4.78, 5) is 95.8. The van der Waals surface area contributed by atoms with Gasteiger partial charge >= 0.3 is 0 Å². The predicted molar refractivity (Wildman–Crippen MR) is 220 cm³/mol. The molecule has 0 saturated carbocycles. The van der Waals surface area contributed by atoms with Gasteiger partial charge in [0.05, 0.1) is 22.6 Å². The number of anilines is 3. The Hall–Kier alpha value is -6.78. The van der Waals surface area contributed by atoms with E-state index in [1.54, 1.807) is 47.8 Å². The molecule has 16 heteroatoms. The molecule has 5 heterocycles. The van der Waals surface area contributed by atoms with Crippen LogP contribution in [0.1, 0.15) is 55.0 Å². The van der Waals surface area contributed by atoms with Gasteiger partial charge in [-0.2, -0.15) is 0 Å². The summed E-state index contributed by atoms with van der Waals surface area (Å²) in [5.41, 5.74) is 5.87. The number of piperidine rings is 1. The minimum Gasteiger partial charge on any atom is -0.339 e. The number of hydrogen-bond donors (Lipinski definition) is 3. The Balaban J connectivity index is 0.811. The highest BCUT2D eigenvalue weighted by molar-refractivity contribution is 8.00. The second-order valence-corrected chi connectivity index (χ2v) is 15.4. The summed E-state index contributed by atoms with van der Waals surface area (Å²) in [7, 11) is 0. The largest absolute Gasteiger partial charge is 0.339 e. The van der Waals surface area contributed by atoms with E-state index in [2.05, 4.69) is 35.8 Å². The van der Waals surface area contributed by atoms with Crippen molar-refractivity contribution in [1.82, 2.24) is 35.0 Å². The molecule has 2 saturated heterocycles. The topological polar surface area (TPSA) is 187 Å². The molecular weight excluding hydrogens is 771 g/mol. The maximum Gasteiger partial charge on any atom is 0.263 e. The van der Waals surface area contributed by atoms with Crippen LogP contribution >= 0.6 is 11.8 Å². The number of hydrogen-bond acceptors (Lipinski definition) is 12. The first kappa shape index (κ1) is 39.1. The van der Waals surface area contributed by atoms with Gasteiger partial charge < -0.3 is 15.5 Å².